The second-order valence-electron chi connectivity index (χ2n) is 18.0. The van der Waals surface area contributed by atoms with E-state index < -0.39 is 24.3 Å². The third-order valence-corrected chi connectivity index (χ3v) is 13.8. The molecular formula is C47H60N8O6. The first-order chi connectivity index (χ1) is 29.4. The van der Waals surface area contributed by atoms with E-state index in [2.05, 4.69) is 63.9 Å². The molecule has 14 heteroatoms. The summed E-state index contributed by atoms with van der Waals surface area (Å²) in [6.45, 7) is 11.3. The van der Waals surface area contributed by atoms with Crippen molar-refractivity contribution in [1.29, 1.82) is 0 Å². The Labute approximate surface area is 358 Å². The standard InChI is InChI=1S/C47H60N8O6/c1-25(2)40(52-46(58)60-6)44(56)54-21-9-13-36(54)42-48-23-34(50-42)29-17-15-28(16-18-29)31-19-20-33(38-27(5)30-11-8-12-32(30)39(31)38)35-24-49-43(51-35)37-14-10-22-55(37)45(57)41(26(3)4)53-47(59)61-7/h15-20,23-27,30,32,36-37,40-41H,8-14,21-22H2,1-7H3,(H,48,50)(H,49,51)(H,52,58)(H,53,59)/t27?,30?,32?,36-,37-,40?,41-/m0/s1. The molecule has 0 radical (unpaired) electrons. The van der Waals surface area contributed by atoms with Gasteiger partial charge >= 0.3 is 12.2 Å². The Kier molecular flexibility index (Phi) is 12.0. The van der Waals surface area contributed by atoms with Gasteiger partial charge in [-0.25, -0.2) is 19.6 Å². The van der Waals surface area contributed by atoms with Crippen LogP contribution in [0.4, 0.5) is 9.59 Å². The Morgan fingerprint density at radius 1 is 0.656 bits per heavy atom. The molecule has 61 heavy (non-hydrogen) atoms. The summed E-state index contributed by atoms with van der Waals surface area (Å²) in [6, 6.07) is 11.4. The Morgan fingerprint density at radius 3 is 1.70 bits per heavy atom. The average Bonchev–Trinajstić information content (AvgIpc) is 4.12. The van der Waals surface area contributed by atoms with Crippen LogP contribution in [0.15, 0.2) is 48.8 Å². The topological polar surface area (TPSA) is 175 Å². The van der Waals surface area contributed by atoms with Gasteiger partial charge in [0.15, 0.2) is 0 Å². The number of alkyl carbamates (subject to hydrolysis) is 2. The summed E-state index contributed by atoms with van der Waals surface area (Å²) in [6.07, 6.45) is 9.46. The number of nitrogens with zero attached hydrogens (tertiary/aromatic N) is 4. The quantitative estimate of drug-likeness (QED) is 0.117. The number of carbonyl (C=O) groups is 4. The number of likely N-dealkylation sites (tertiary alicyclic amines) is 2. The molecule has 0 bridgehead atoms. The Morgan fingerprint density at radius 2 is 1.16 bits per heavy atom. The second kappa shape index (κ2) is 17.4. The monoisotopic (exact) mass is 832 g/mol. The highest BCUT2D eigenvalue weighted by Gasteiger charge is 2.45. The van der Waals surface area contributed by atoms with Crippen LogP contribution in [0.25, 0.3) is 33.6 Å². The minimum absolute atomic E-state index is 0.105. The van der Waals surface area contributed by atoms with Crippen molar-refractivity contribution in [2.45, 2.75) is 116 Å². The fraction of sp³-hybridized carbons (Fsp3) is 0.532. The first-order valence-electron chi connectivity index (χ1n) is 22.1. The fourth-order valence-electron chi connectivity index (χ4n) is 10.7. The van der Waals surface area contributed by atoms with Gasteiger partial charge < -0.3 is 39.9 Å². The van der Waals surface area contributed by atoms with Crippen molar-refractivity contribution in [3.8, 4) is 33.6 Å². The number of ether oxygens (including phenoxy) is 2. The number of hydrogen-bond donors (Lipinski definition) is 4. The molecular weight excluding hydrogens is 773 g/mol. The molecule has 14 nitrogen and oxygen atoms in total. The lowest BCUT2D eigenvalue weighted by atomic mass is 9.87. The van der Waals surface area contributed by atoms with Crippen molar-refractivity contribution >= 4 is 24.0 Å². The van der Waals surface area contributed by atoms with Gasteiger partial charge in [0.25, 0.3) is 0 Å². The summed E-state index contributed by atoms with van der Waals surface area (Å²) < 4.78 is 9.62. The molecule has 4 heterocycles. The molecule has 2 aliphatic carbocycles. The van der Waals surface area contributed by atoms with E-state index in [9.17, 15) is 19.2 Å². The third kappa shape index (κ3) is 7.89. The van der Waals surface area contributed by atoms with Crippen molar-refractivity contribution in [3.63, 3.8) is 0 Å². The van der Waals surface area contributed by atoms with Crippen molar-refractivity contribution in [2.75, 3.05) is 27.3 Å². The number of carbonyl (C=O) groups excluding carboxylic acids is 4. The second-order valence-corrected chi connectivity index (χ2v) is 18.0. The summed E-state index contributed by atoms with van der Waals surface area (Å²) in [5.74, 6) is 2.52. The van der Waals surface area contributed by atoms with Gasteiger partial charge in [0.2, 0.25) is 11.8 Å². The van der Waals surface area contributed by atoms with Crippen molar-refractivity contribution in [1.82, 2.24) is 40.4 Å². The molecule has 4 amide bonds. The van der Waals surface area contributed by atoms with E-state index in [1.54, 1.807) is 0 Å². The first-order valence-corrected chi connectivity index (χ1v) is 22.1. The van der Waals surface area contributed by atoms with E-state index >= 15 is 0 Å². The number of hydrogen-bond acceptors (Lipinski definition) is 8. The number of methoxy groups -OCH3 is 2. The minimum atomic E-state index is -0.688. The molecule has 2 aromatic carbocycles. The lowest BCUT2D eigenvalue weighted by Gasteiger charge is -2.30. The van der Waals surface area contributed by atoms with Crippen LogP contribution in [0.5, 0.6) is 0 Å². The maximum atomic E-state index is 13.8. The van der Waals surface area contributed by atoms with Crippen LogP contribution in [0.1, 0.15) is 126 Å². The van der Waals surface area contributed by atoms with Gasteiger partial charge in [0.05, 0.1) is 50.1 Å². The van der Waals surface area contributed by atoms with Gasteiger partial charge in [0, 0.05) is 18.7 Å². The largest absolute Gasteiger partial charge is 0.453 e. The number of aromatic nitrogens is 4. The molecule has 2 aromatic heterocycles. The van der Waals surface area contributed by atoms with E-state index in [1.165, 1.54) is 61.3 Å². The Balaban J connectivity index is 1.04. The number of aromatic amines is 2. The highest BCUT2D eigenvalue weighted by atomic mass is 16.5. The van der Waals surface area contributed by atoms with Crippen LogP contribution in [0, 0.1) is 17.8 Å². The van der Waals surface area contributed by atoms with E-state index in [0.29, 0.717) is 30.8 Å². The van der Waals surface area contributed by atoms with E-state index in [4.69, 9.17) is 19.4 Å². The van der Waals surface area contributed by atoms with Crippen LogP contribution in [-0.2, 0) is 19.1 Å². The average molecular weight is 833 g/mol. The summed E-state index contributed by atoms with van der Waals surface area (Å²) in [4.78, 5) is 72.2. The van der Waals surface area contributed by atoms with E-state index in [1.807, 2.05) is 49.9 Å². The predicted molar refractivity (Wildman–Crippen MR) is 231 cm³/mol. The van der Waals surface area contributed by atoms with Gasteiger partial charge in [0.1, 0.15) is 23.7 Å². The first kappa shape index (κ1) is 42.0. The summed E-state index contributed by atoms with van der Waals surface area (Å²) >= 11 is 0. The molecule has 4 aromatic rings. The summed E-state index contributed by atoms with van der Waals surface area (Å²) in [5, 5.41) is 5.47. The van der Waals surface area contributed by atoms with Crippen molar-refractivity contribution in [3.05, 3.63) is 71.6 Å². The molecule has 324 valence electrons. The maximum Gasteiger partial charge on any atom is 0.407 e. The zero-order valence-corrected chi connectivity index (χ0v) is 36.4. The molecule has 2 aliphatic heterocycles. The SMILES string of the molecule is COC(=O)NC(C(=O)N1CCC[C@H]1c1ncc(-c2ccc(-c3ccc(-c4cnc([C@@H]5CCCN5C(=O)[C@@H](NC(=O)OC)C(C)C)[nH]4)c4c3C3CCCC3C4C)cc2)[nH]1)C(C)C. The van der Waals surface area contributed by atoms with Crippen LogP contribution in [-0.4, -0.2) is 93.1 Å². The van der Waals surface area contributed by atoms with Gasteiger partial charge in [-0.1, -0.05) is 77.4 Å². The zero-order valence-electron chi connectivity index (χ0n) is 36.4. The van der Waals surface area contributed by atoms with Crippen molar-refractivity contribution < 1.29 is 28.7 Å². The number of fused-ring (bicyclic) bond motifs is 3. The molecule has 0 spiro atoms. The number of benzene rings is 2. The molecule has 4 unspecified atom stereocenters. The lowest BCUT2D eigenvalue weighted by molar-refractivity contribution is -0.136. The Hall–Kier alpha value is -5.66. The van der Waals surface area contributed by atoms with Crippen molar-refractivity contribution in [2.24, 2.45) is 17.8 Å². The van der Waals surface area contributed by atoms with Gasteiger partial charge in [-0.3, -0.25) is 9.59 Å². The predicted octanol–water partition coefficient (Wildman–Crippen LogP) is 8.22. The highest BCUT2D eigenvalue weighted by molar-refractivity contribution is 5.87. The molecule has 8 rings (SSSR count). The van der Waals surface area contributed by atoms with Crippen LogP contribution < -0.4 is 10.6 Å². The minimum Gasteiger partial charge on any atom is -0.453 e. The fourth-order valence-corrected chi connectivity index (χ4v) is 10.7. The number of rotatable bonds is 11. The van der Waals surface area contributed by atoms with E-state index in [-0.39, 0.29) is 35.7 Å². The van der Waals surface area contributed by atoms with Crippen LogP contribution in [0.2, 0.25) is 0 Å². The zero-order chi connectivity index (χ0) is 43.1. The molecule has 4 aliphatic rings. The van der Waals surface area contributed by atoms with Gasteiger partial charge in [-0.15, -0.1) is 0 Å². The van der Waals surface area contributed by atoms with E-state index in [0.717, 1.165) is 54.3 Å². The van der Waals surface area contributed by atoms with Crippen LogP contribution >= 0.6 is 0 Å². The Bertz CT molecular complexity index is 2260. The molecule has 4 N–H and O–H groups in total. The third-order valence-electron chi connectivity index (χ3n) is 13.8. The summed E-state index contributed by atoms with van der Waals surface area (Å²) in [7, 11) is 2.61. The normalized spacial score (nSPS) is 22.9. The number of amides is 4. The van der Waals surface area contributed by atoms with Crippen LogP contribution in [0.3, 0.4) is 0 Å². The molecule has 7 atom stereocenters. The number of H-pyrrole nitrogens is 2. The highest BCUT2D eigenvalue weighted by Crippen LogP contribution is 2.59. The molecule has 2 saturated heterocycles. The van der Waals surface area contributed by atoms with Gasteiger partial charge in [-0.05, 0) is 95.9 Å². The smallest absolute Gasteiger partial charge is 0.407 e. The molecule has 3 fully saturated rings. The lowest BCUT2D eigenvalue weighted by Crippen LogP contribution is -2.51. The molecule has 1 saturated carbocycles. The number of nitrogens with one attached hydrogen (secondary N) is 4. The van der Waals surface area contributed by atoms with Gasteiger partial charge in [-0.2, -0.15) is 0 Å². The summed E-state index contributed by atoms with van der Waals surface area (Å²) in [5.41, 5.74) is 9.30. The number of imidazole rings is 2. The maximum absolute atomic E-state index is 13.8.